The maximum atomic E-state index is 11.0. The van der Waals surface area contributed by atoms with Crippen LogP contribution in [-0.4, -0.2) is 18.4 Å². The molecule has 0 aromatic rings. The number of Topliss-reactive ketones (excluding diaryl/α,β-unsaturated/α-hetero) is 1. The molecule has 1 unspecified atom stereocenters. The normalized spacial score (nSPS) is 12.3. The third-order valence-electron chi connectivity index (χ3n) is 1.54. The van der Waals surface area contributed by atoms with Crippen LogP contribution in [0.1, 0.15) is 27.2 Å². The van der Waals surface area contributed by atoms with Gasteiger partial charge < -0.3 is 4.74 Å². The molecule has 1 atom stereocenters. The summed E-state index contributed by atoms with van der Waals surface area (Å²) in [6.45, 7) is 5.53. The molecule has 0 rings (SSSR count). The van der Waals surface area contributed by atoms with E-state index in [-0.39, 0.29) is 12.5 Å². The monoisotopic (exact) mass is 158 g/mol. The number of carbonyl (C=O) groups is 2. The number of esters is 1. The smallest absolute Gasteiger partial charge is 0.374 e. The van der Waals surface area contributed by atoms with Crippen LogP contribution in [0.2, 0.25) is 0 Å². The zero-order chi connectivity index (χ0) is 8.85. The summed E-state index contributed by atoms with van der Waals surface area (Å²) in [5.41, 5.74) is 0. The van der Waals surface area contributed by atoms with Crippen molar-refractivity contribution in [2.75, 3.05) is 6.61 Å². The Hall–Kier alpha value is -0.860. The van der Waals surface area contributed by atoms with Crippen molar-refractivity contribution in [3.05, 3.63) is 0 Å². The second kappa shape index (κ2) is 4.88. The Morgan fingerprint density at radius 2 is 1.91 bits per heavy atom. The van der Waals surface area contributed by atoms with Gasteiger partial charge in [-0.1, -0.05) is 13.8 Å². The highest BCUT2D eigenvalue weighted by Gasteiger charge is 2.20. The largest absolute Gasteiger partial charge is 0.460 e. The van der Waals surface area contributed by atoms with Crippen LogP contribution in [0.3, 0.4) is 0 Å². The quantitative estimate of drug-likeness (QED) is 0.455. The minimum atomic E-state index is -0.707. The molecule has 0 radical (unpaired) electrons. The number of rotatable bonds is 4. The molecule has 0 aromatic heterocycles. The maximum Gasteiger partial charge on any atom is 0.374 e. The molecule has 0 saturated carbocycles. The van der Waals surface area contributed by atoms with Gasteiger partial charge in [-0.25, -0.2) is 4.79 Å². The molecule has 0 saturated heterocycles. The summed E-state index contributed by atoms with van der Waals surface area (Å²) < 4.78 is 4.54. The molecule has 3 nitrogen and oxygen atoms in total. The molecule has 0 bridgehead atoms. The molecular formula is C8H14O3. The van der Waals surface area contributed by atoms with E-state index in [1.165, 1.54) is 0 Å². The average Bonchev–Trinajstić information content (AvgIpc) is 2.02. The van der Waals surface area contributed by atoms with E-state index in [1.807, 2.05) is 6.92 Å². The molecule has 0 aliphatic rings. The van der Waals surface area contributed by atoms with Crippen LogP contribution in [0.5, 0.6) is 0 Å². The summed E-state index contributed by atoms with van der Waals surface area (Å²) in [6, 6.07) is 0. The second-order valence-electron chi connectivity index (χ2n) is 2.39. The van der Waals surface area contributed by atoms with Gasteiger partial charge in [-0.2, -0.15) is 0 Å². The molecule has 0 aliphatic carbocycles. The van der Waals surface area contributed by atoms with E-state index < -0.39 is 11.8 Å². The van der Waals surface area contributed by atoms with Crippen LogP contribution in [0.25, 0.3) is 0 Å². The van der Waals surface area contributed by atoms with E-state index in [1.54, 1.807) is 13.8 Å². The fraction of sp³-hybridized carbons (Fsp3) is 0.750. The Morgan fingerprint density at radius 3 is 2.27 bits per heavy atom. The van der Waals surface area contributed by atoms with Crippen LogP contribution in [0.15, 0.2) is 0 Å². The summed E-state index contributed by atoms with van der Waals surface area (Å²) in [7, 11) is 0. The van der Waals surface area contributed by atoms with Gasteiger partial charge >= 0.3 is 5.97 Å². The third kappa shape index (κ3) is 3.16. The van der Waals surface area contributed by atoms with E-state index in [2.05, 4.69) is 4.74 Å². The lowest BCUT2D eigenvalue weighted by molar-refractivity contribution is -0.155. The van der Waals surface area contributed by atoms with Gasteiger partial charge in [0.25, 0.3) is 0 Å². The molecular weight excluding hydrogens is 144 g/mol. The van der Waals surface area contributed by atoms with Crippen molar-refractivity contribution in [2.24, 2.45) is 5.92 Å². The van der Waals surface area contributed by atoms with Crippen LogP contribution >= 0.6 is 0 Å². The Kier molecular flexibility index (Phi) is 4.50. The Labute approximate surface area is 66.7 Å². The molecule has 0 amide bonds. The molecule has 0 aliphatic heterocycles. The summed E-state index contributed by atoms with van der Waals surface area (Å²) in [6.07, 6.45) is 0.678. The van der Waals surface area contributed by atoms with Gasteiger partial charge in [0.1, 0.15) is 0 Å². The molecule has 0 fully saturated rings. The maximum absolute atomic E-state index is 11.0. The van der Waals surface area contributed by atoms with Crippen LogP contribution < -0.4 is 0 Å². The van der Waals surface area contributed by atoms with Crippen molar-refractivity contribution in [1.82, 2.24) is 0 Å². The van der Waals surface area contributed by atoms with E-state index in [4.69, 9.17) is 0 Å². The standard InChI is InChI=1S/C8H14O3/c1-4-6(3)7(9)8(10)11-5-2/h6H,4-5H2,1-3H3. The lowest BCUT2D eigenvalue weighted by Crippen LogP contribution is -2.23. The zero-order valence-electron chi connectivity index (χ0n) is 7.22. The zero-order valence-corrected chi connectivity index (χ0v) is 7.22. The highest BCUT2D eigenvalue weighted by Crippen LogP contribution is 2.02. The minimum Gasteiger partial charge on any atom is -0.460 e. The van der Waals surface area contributed by atoms with Crippen molar-refractivity contribution >= 4 is 11.8 Å². The molecule has 0 spiro atoms. The fourth-order valence-electron chi connectivity index (χ4n) is 0.589. The van der Waals surface area contributed by atoms with E-state index >= 15 is 0 Å². The van der Waals surface area contributed by atoms with Gasteiger partial charge in [-0.3, -0.25) is 4.79 Å². The van der Waals surface area contributed by atoms with Gasteiger partial charge in [-0.15, -0.1) is 0 Å². The molecule has 3 heteroatoms. The van der Waals surface area contributed by atoms with Gasteiger partial charge in [0.2, 0.25) is 5.78 Å². The molecule has 64 valence electrons. The van der Waals surface area contributed by atoms with Crippen LogP contribution in [0.4, 0.5) is 0 Å². The number of ketones is 1. The number of carbonyl (C=O) groups excluding carboxylic acids is 2. The Balaban J connectivity index is 3.92. The van der Waals surface area contributed by atoms with Gasteiger partial charge in [0, 0.05) is 5.92 Å². The van der Waals surface area contributed by atoms with Crippen molar-refractivity contribution in [1.29, 1.82) is 0 Å². The summed E-state index contributed by atoms with van der Waals surface area (Å²) >= 11 is 0. The van der Waals surface area contributed by atoms with Crippen molar-refractivity contribution in [3.63, 3.8) is 0 Å². The van der Waals surface area contributed by atoms with Crippen molar-refractivity contribution < 1.29 is 14.3 Å². The molecule has 0 heterocycles. The van der Waals surface area contributed by atoms with Gasteiger partial charge in [0.05, 0.1) is 6.61 Å². The van der Waals surface area contributed by atoms with Crippen LogP contribution in [0, 0.1) is 5.92 Å². The highest BCUT2D eigenvalue weighted by atomic mass is 16.5. The second-order valence-corrected chi connectivity index (χ2v) is 2.39. The Morgan fingerprint density at radius 1 is 1.36 bits per heavy atom. The lowest BCUT2D eigenvalue weighted by Gasteiger charge is -2.04. The predicted molar refractivity (Wildman–Crippen MR) is 41.1 cm³/mol. The first kappa shape index (κ1) is 10.1. The van der Waals surface area contributed by atoms with Crippen molar-refractivity contribution in [2.45, 2.75) is 27.2 Å². The van der Waals surface area contributed by atoms with E-state index in [0.717, 1.165) is 0 Å². The third-order valence-corrected chi connectivity index (χ3v) is 1.54. The SMILES string of the molecule is CCOC(=O)C(=O)C(C)CC. The number of hydrogen-bond donors (Lipinski definition) is 0. The fourth-order valence-corrected chi connectivity index (χ4v) is 0.589. The van der Waals surface area contributed by atoms with Gasteiger partial charge in [0.15, 0.2) is 0 Å². The van der Waals surface area contributed by atoms with Gasteiger partial charge in [-0.05, 0) is 13.3 Å². The predicted octanol–water partition coefficient (Wildman–Crippen LogP) is 1.16. The first-order valence-corrected chi connectivity index (χ1v) is 3.84. The molecule has 11 heavy (non-hydrogen) atoms. The number of ether oxygens (including phenoxy) is 1. The Bertz CT molecular complexity index is 151. The summed E-state index contributed by atoms with van der Waals surface area (Å²) in [5, 5.41) is 0. The summed E-state index contributed by atoms with van der Waals surface area (Å²) in [4.78, 5) is 21.8. The highest BCUT2D eigenvalue weighted by molar-refractivity contribution is 6.34. The first-order chi connectivity index (χ1) is 5.13. The molecule has 0 aromatic carbocycles. The van der Waals surface area contributed by atoms with E-state index in [9.17, 15) is 9.59 Å². The first-order valence-electron chi connectivity index (χ1n) is 3.84. The van der Waals surface area contributed by atoms with Crippen molar-refractivity contribution in [3.8, 4) is 0 Å². The minimum absolute atomic E-state index is 0.214. The topological polar surface area (TPSA) is 43.4 Å². The average molecular weight is 158 g/mol. The summed E-state index contributed by atoms with van der Waals surface area (Å²) in [5.74, 6) is -1.34. The lowest BCUT2D eigenvalue weighted by atomic mass is 10.0. The molecule has 0 N–H and O–H groups in total. The number of hydrogen-bond acceptors (Lipinski definition) is 3. The van der Waals surface area contributed by atoms with Crippen LogP contribution in [-0.2, 0) is 14.3 Å². The van der Waals surface area contributed by atoms with E-state index in [0.29, 0.717) is 6.42 Å².